The maximum Gasteiger partial charge on any atom is 0.348 e. The number of esters is 2. The summed E-state index contributed by atoms with van der Waals surface area (Å²) in [7, 11) is 0. The summed E-state index contributed by atoms with van der Waals surface area (Å²) in [5, 5.41) is 14.6. The zero-order valence-electron chi connectivity index (χ0n) is 11.5. The second-order valence-electron chi connectivity index (χ2n) is 4.28. The maximum atomic E-state index is 11.7. The van der Waals surface area contributed by atoms with Crippen molar-refractivity contribution in [2.45, 2.75) is 4.45 Å². The van der Waals surface area contributed by atoms with Gasteiger partial charge in [0.1, 0.15) is 9.75 Å². The predicted molar refractivity (Wildman–Crippen MR) is 87.9 cm³/mol. The van der Waals surface area contributed by atoms with Crippen LogP contribution >= 0.6 is 38.6 Å². The first-order chi connectivity index (χ1) is 10.9. The Morgan fingerprint density at radius 3 is 1.83 bits per heavy atom. The number of nitro groups is 1. The Labute approximate surface area is 147 Å². The highest BCUT2D eigenvalue weighted by Gasteiger charge is 2.43. The van der Waals surface area contributed by atoms with Gasteiger partial charge in [-0.2, -0.15) is 0 Å². The van der Waals surface area contributed by atoms with Crippen molar-refractivity contribution in [2.75, 3.05) is 13.2 Å². The van der Waals surface area contributed by atoms with Gasteiger partial charge in [-0.25, -0.2) is 9.59 Å². The molecule has 2 rings (SSSR count). The molecule has 0 N–H and O–H groups in total. The number of carbonyl (C=O) groups is 2. The van der Waals surface area contributed by atoms with Crippen LogP contribution in [0.2, 0.25) is 0 Å². The number of hydrogen-bond donors (Lipinski definition) is 0. The van der Waals surface area contributed by atoms with Gasteiger partial charge in [-0.15, -0.1) is 22.7 Å². The first-order valence-corrected chi connectivity index (χ1v) is 8.72. The van der Waals surface area contributed by atoms with Crippen LogP contribution in [0.4, 0.5) is 0 Å². The van der Waals surface area contributed by atoms with E-state index in [0.29, 0.717) is 9.75 Å². The summed E-state index contributed by atoms with van der Waals surface area (Å²) in [6.07, 6.45) is 0. The minimum Gasteiger partial charge on any atom is -0.453 e. The Kier molecular flexibility index (Phi) is 5.85. The molecular weight excluding hydrogens is 410 g/mol. The Balaban J connectivity index is 1.94. The lowest BCUT2D eigenvalue weighted by atomic mass is 10.3. The number of thiophene rings is 2. The van der Waals surface area contributed by atoms with Gasteiger partial charge in [0.25, 0.3) is 0 Å². The van der Waals surface area contributed by atoms with Gasteiger partial charge in [0, 0.05) is 20.9 Å². The first kappa shape index (κ1) is 17.6. The third-order valence-corrected chi connectivity index (χ3v) is 5.07. The van der Waals surface area contributed by atoms with Crippen LogP contribution in [0.1, 0.15) is 19.3 Å². The fourth-order valence-electron chi connectivity index (χ4n) is 1.43. The Bertz CT molecular complexity index is 635. The SMILES string of the molecule is O=C(OCC(Br)(COC(=O)c1cccs1)[N+](=O)[O-])c1cccs1. The molecule has 2 heterocycles. The normalized spacial score (nSPS) is 11.0. The smallest absolute Gasteiger partial charge is 0.348 e. The first-order valence-electron chi connectivity index (χ1n) is 6.17. The summed E-state index contributed by atoms with van der Waals surface area (Å²) in [5.41, 5.74) is 0. The number of ether oxygens (including phenoxy) is 2. The number of alkyl halides is 1. The summed E-state index contributed by atoms with van der Waals surface area (Å²) in [6.45, 7) is -1.15. The van der Waals surface area contributed by atoms with Crippen LogP contribution in [0.25, 0.3) is 0 Å². The molecule has 0 radical (unpaired) electrons. The third kappa shape index (κ3) is 4.60. The predicted octanol–water partition coefficient (Wildman–Crippen LogP) is 3.19. The highest BCUT2D eigenvalue weighted by Crippen LogP contribution is 2.22. The summed E-state index contributed by atoms with van der Waals surface area (Å²) >= 11 is 5.21. The van der Waals surface area contributed by atoms with E-state index < -0.39 is 34.5 Å². The van der Waals surface area contributed by atoms with Gasteiger partial charge in [-0.1, -0.05) is 12.1 Å². The van der Waals surface area contributed by atoms with Crippen LogP contribution in [0.15, 0.2) is 35.0 Å². The van der Waals surface area contributed by atoms with Crippen molar-refractivity contribution >= 4 is 50.5 Å². The van der Waals surface area contributed by atoms with Gasteiger partial charge >= 0.3 is 16.4 Å². The molecule has 0 unspecified atom stereocenters. The monoisotopic (exact) mass is 419 g/mol. The van der Waals surface area contributed by atoms with E-state index >= 15 is 0 Å². The average Bonchev–Trinajstić information content (AvgIpc) is 3.22. The number of rotatable bonds is 7. The van der Waals surface area contributed by atoms with Crippen LogP contribution < -0.4 is 0 Å². The summed E-state index contributed by atoms with van der Waals surface area (Å²) in [4.78, 5) is 34.6. The van der Waals surface area contributed by atoms with Gasteiger partial charge in [0.15, 0.2) is 13.2 Å². The van der Waals surface area contributed by atoms with Crippen LogP contribution in [0, 0.1) is 10.1 Å². The maximum absolute atomic E-state index is 11.7. The van der Waals surface area contributed by atoms with Gasteiger partial charge in [0.2, 0.25) is 0 Å². The van der Waals surface area contributed by atoms with Gasteiger partial charge in [-0.3, -0.25) is 10.1 Å². The quantitative estimate of drug-likeness (QED) is 0.225. The summed E-state index contributed by atoms with van der Waals surface area (Å²) in [5.74, 6) is -1.34. The molecular formula is C13H10BrNO6S2. The van der Waals surface area contributed by atoms with E-state index in [9.17, 15) is 19.7 Å². The van der Waals surface area contributed by atoms with E-state index in [-0.39, 0.29) is 0 Å². The van der Waals surface area contributed by atoms with Gasteiger partial charge in [0.05, 0.1) is 0 Å². The lowest BCUT2D eigenvalue weighted by Crippen LogP contribution is -2.42. The van der Waals surface area contributed by atoms with E-state index in [1.54, 1.807) is 35.0 Å². The van der Waals surface area contributed by atoms with E-state index in [1.807, 2.05) is 0 Å². The number of carbonyl (C=O) groups excluding carboxylic acids is 2. The molecule has 122 valence electrons. The summed E-state index contributed by atoms with van der Waals surface area (Å²) in [6, 6.07) is 6.43. The lowest BCUT2D eigenvalue weighted by molar-refractivity contribution is -0.541. The summed E-state index contributed by atoms with van der Waals surface area (Å²) < 4.78 is 7.96. The minimum atomic E-state index is -1.90. The highest BCUT2D eigenvalue weighted by atomic mass is 79.9. The van der Waals surface area contributed by atoms with Crippen molar-refractivity contribution < 1.29 is 24.0 Å². The largest absolute Gasteiger partial charge is 0.453 e. The molecule has 0 aromatic carbocycles. The molecule has 0 saturated heterocycles. The molecule has 0 saturated carbocycles. The molecule has 0 atom stereocenters. The molecule has 0 aliphatic carbocycles. The Morgan fingerprint density at radius 2 is 1.52 bits per heavy atom. The van der Waals surface area contributed by atoms with Crippen molar-refractivity contribution in [3.05, 3.63) is 54.9 Å². The topological polar surface area (TPSA) is 95.7 Å². The molecule has 0 aliphatic heterocycles. The van der Waals surface area contributed by atoms with Crippen molar-refractivity contribution in [1.29, 1.82) is 0 Å². The number of nitrogens with zero attached hydrogens (tertiary/aromatic N) is 1. The average molecular weight is 420 g/mol. The fourth-order valence-corrected chi connectivity index (χ4v) is 2.89. The van der Waals surface area contributed by atoms with Crippen molar-refractivity contribution in [2.24, 2.45) is 0 Å². The van der Waals surface area contributed by atoms with Crippen LogP contribution in [-0.4, -0.2) is 34.5 Å². The molecule has 0 fully saturated rings. The van der Waals surface area contributed by atoms with Crippen molar-refractivity contribution in [3.63, 3.8) is 0 Å². The van der Waals surface area contributed by atoms with E-state index in [4.69, 9.17) is 9.47 Å². The number of halogens is 1. The van der Waals surface area contributed by atoms with Gasteiger partial charge in [-0.05, 0) is 22.9 Å². The molecule has 2 aromatic heterocycles. The molecule has 2 aromatic rings. The highest BCUT2D eigenvalue weighted by molar-refractivity contribution is 9.10. The molecule has 23 heavy (non-hydrogen) atoms. The van der Waals surface area contributed by atoms with E-state index in [2.05, 4.69) is 15.9 Å². The standard InChI is InChI=1S/C13H10BrNO6S2/c14-13(15(18)19,7-20-11(16)9-3-1-5-22-9)8-21-12(17)10-4-2-6-23-10/h1-6H,7-8H2. The number of hydrogen-bond acceptors (Lipinski definition) is 8. The van der Waals surface area contributed by atoms with Crippen molar-refractivity contribution in [3.8, 4) is 0 Å². The van der Waals surface area contributed by atoms with Gasteiger partial charge < -0.3 is 9.47 Å². The molecule has 7 nitrogen and oxygen atoms in total. The molecule has 0 amide bonds. The Hall–Kier alpha value is -1.78. The third-order valence-electron chi connectivity index (χ3n) is 2.62. The minimum absolute atomic E-state index is 0.332. The Morgan fingerprint density at radius 1 is 1.09 bits per heavy atom. The fraction of sp³-hybridized carbons (Fsp3) is 0.231. The van der Waals surface area contributed by atoms with Crippen LogP contribution in [-0.2, 0) is 9.47 Å². The molecule has 0 aliphatic rings. The molecule has 10 heteroatoms. The second kappa shape index (κ2) is 7.66. The van der Waals surface area contributed by atoms with Crippen LogP contribution in [0.5, 0.6) is 0 Å². The van der Waals surface area contributed by atoms with E-state index in [0.717, 1.165) is 22.7 Å². The zero-order valence-corrected chi connectivity index (χ0v) is 14.7. The lowest BCUT2D eigenvalue weighted by Gasteiger charge is -2.18. The zero-order chi connectivity index (χ0) is 16.9. The van der Waals surface area contributed by atoms with Crippen molar-refractivity contribution in [1.82, 2.24) is 0 Å². The second-order valence-corrected chi connectivity index (χ2v) is 7.65. The molecule has 0 spiro atoms. The van der Waals surface area contributed by atoms with E-state index in [1.165, 1.54) is 0 Å². The van der Waals surface area contributed by atoms with Crippen LogP contribution in [0.3, 0.4) is 0 Å². The molecule has 0 bridgehead atoms.